The summed E-state index contributed by atoms with van der Waals surface area (Å²) in [5, 5.41) is 2.80. The summed E-state index contributed by atoms with van der Waals surface area (Å²) in [6, 6.07) is 9.51. The molecule has 0 radical (unpaired) electrons. The number of carbonyl (C=O) groups is 3. The summed E-state index contributed by atoms with van der Waals surface area (Å²) < 4.78 is 0. The molecule has 1 aromatic carbocycles. The van der Waals surface area contributed by atoms with E-state index in [0.29, 0.717) is 11.4 Å². The fourth-order valence-corrected chi connectivity index (χ4v) is 7.12. The summed E-state index contributed by atoms with van der Waals surface area (Å²) in [7, 11) is 0. The first-order chi connectivity index (χ1) is 14.0. The minimum atomic E-state index is -0.270. The minimum absolute atomic E-state index is 0.142. The quantitative estimate of drug-likeness (QED) is 0.744. The summed E-state index contributed by atoms with van der Waals surface area (Å²) >= 11 is 0.969. The predicted molar refractivity (Wildman–Crippen MR) is 113 cm³/mol. The van der Waals surface area contributed by atoms with Crippen LogP contribution < -0.4 is 5.32 Å². The molecule has 0 atom stereocenters. The molecule has 6 rings (SSSR count). The van der Waals surface area contributed by atoms with E-state index in [-0.39, 0.29) is 29.0 Å². The Labute approximate surface area is 175 Å². The molecule has 6 heteroatoms. The van der Waals surface area contributed by atoms with Gasteiger partial charge in [-0.1, -0.05) is 30.3 Å². The Bertz CT molecular complexity index is 844. The van der Waals surface area contributed by atoms with Crippen molar-refractivity contribution in [2.24, 2.45) is 23.2 Å². The molecule has 0 unspecified atom stereocenters. The van der Waals surface area contributed by atoms with E-state index in [9.17, 15) is 14.4 Å². The van der Waals surface area contributed by atoms with Gasteiger partial charge in [-0.05, 0) is 79.7 Å². The van der Waals surface area contributed by atoms with E-state index in [0.717, 1.165) is 54.3 Å². The molecule has 1 heterocycles. The molecule has 5 fully saturated rings. The van der Waals surface area contributed by atoms with Gasteiger partial charge in [0.05, 0.1) is 4.91 Å². The molecule has 4 aliphatic carbocycles. The second kappa shape index (κ2) is 7.31. The van der Waals surface area contributed by atoms with Crippen molar-refractivity contribution in [1.29, 1.82) is 0 Å². The van der Waals surface area contributed by atoms with E-state index in [1.54, 1.807) is 6.08 Å². The van der Waals surface area contributed by atoms with Crippen LogP contribution in [-0.4, -0.2) is 35.0 Å². The Morgan fingerprint density at radius 3 is 2.31 bits per heavy atom. The molecule has 5 aliphatic rings. The van der Waals surface area contributed by atoms with Gasteiger partial charge in [0.15, 0.2) is 0 Å². The van der Waals surface area contributed by atoms with Crippen LogP contribution in [0.5, 0.6) is 0 Å². The van der Waals surface area contributed by atoms with Gasteiger partial charge in [0, 0.05) is 18.5 Å². The van der Waals surface area contributed by atoms with E-state index in [2.05, 4.69) is 5.32 Å². The molecular weight excluding hydrogens is 384 g/mol. The number of carbonyl (C=O) groups excluding carboxylic acids is 3. The Balaban J connectivity index is 1.19. The zero-order chi connectivity index (χ0) is 20.0. The number of hydrogen-bond donors (Lipinski definition) is 1. The SMILES string of the molecule is O=C1SC(=Cc2ccccc2)C(=O)N1CCNC(=O)C12CC3CC(CC(C3)C1)C2. The molecule has 152 valence electrons. The monoisotopic (exact) mass is 410 g/mol. The lowest BCUT2D eigenvalue weighted by atomic mass is 9.49. The number of benzene rings is 1. The minimum Gasteiger partial charge on any atom is -0.354 e. The Hall–Kier alpha value is -2.08. The molecule has 0 spiro atoms. The second-order valence-electron chi connectivity index (χ2n) is 9.20. The molecule has 1 aromatic rings. The molecule has 5 nitrogen and oxygen atoms in total. The van der Waals surface area contributed by atoms with Crippen LogP contribution in [0.2, 0.25) is 0 Å². The molecule has 3 amide bonds. The van der Waals surface area contributed by atoms with Crippen molar-refractivity contribution < 1.29 is 14.4 Å². The molecule has 0 aromatic heterocycles. The highest BCUT2D eigenvalue weighted by atomic mass is 32.2. The summed E-state index contributed by atoms with van der Waals surface area (Å²) in [4.78, 5) is 39.6. The molecule has 1 aliphatic heterocycles. The van der Waals surface area contributed by atoms with Crippen molar-refractivity contribution in [3.05, 3.63) is 40.8 Å². The summed E-state index contributed by atoms with van der Waals surface area (Å²) in [6.07, 6.45) is 8.72. The highest BCUT2D eigenvalue weighted by Gasteiger charge is 2.54. The lowest BCUT2D eigenvalue weighted by molar-refractivity contribution is -0.146. The van der Waals surface area contributed by atoms with Crippen molar-refractivity contribution in [2.45, 2.75) is 38.5 Å². The van der Waals surface area contributed by atoms with Gasteiger partial charge in [-0.3, -0.25) is 19.3 Å². The highest BCUT2D eigenvalue weighted by molar-refractivity contribution is 8.18. The van der Waals surface area contributed by atoms with E-state index in [4.69, 9.17) is 0 Å². The lowest BCUT2D eigenvalue weighted by Crippen LogP contribution is -2.54. The molecule has 4 saturated carbocycles. The van der Waals surface area contributed by atoms with Crippen molar-refractivity contribution >= 4 is 34.9 Å². The fourth-order valence-electron chi connectivity index (χ4n) is 6.25. The van der Waals surface area contributed by atoms with Crippen LogP contribution in [0.1, 0.15) is 44.1 Å². The third-order valence-electron chi connectivity index (χ3n) is 7.11. The Morgan fingerprint density at radius 2 is 1.69 bits per heavy atom. The first kappa shape index (κ1) is 18.9. The third kappa shape index (κ3) is 3.52. The third-order valence-corrected chi connectivity index (χ3v) is 8.02. The van der Waals surface area contributed by atoms with Gasteiger partial charge in [0.2, 0.25) is 5.91 Å². The zero-order valence-electron chi connectivity index (χ0n) is 16.4. The highest BCUT2D eigenvalue weighted by Crippen LogP contribution is 2.60. The summed E-state index contributed by atoms with van der Waals surface area (Å²) in [6.45, 7) is 0.562. The van der Waals surface area contributed by atoms with Crippen LogP contribution in [0.25, 0.3) is 6.08 Å². The second-order valence-corrected chi connectivity index (χ2v) is 10.2. The maximum atomic E-state index is 13.0. The van der Waals surface area contributed by atoms with Gasteiger partial charge in [-0.25, -0.2) is 0 Å². The van der Waals surface area contributed by atoms with Gasteiger partial charge in [0.25, 0.3) is 11.1 Å². The van der Waals surface area contributed by atoms with Crippen LogP contribution >= 0.6 is 11.8 Å². The van der Waals surface area contributed by atoms with Crippen molar-refractivity contribution in [1.82, 2.24) is 10.2 Å². The van der Waals surface area contributed by atoms with Crippen LogP contribution in [0, 0.1) is 23.2 Å². The maximum Gasteiger partial charge on any atom is 0.293 e. The number of imide groups is 1. The normalized spacial score (nSPS) is 34.3. The largest absolute Gasteiger partial charge is 0.354 e. The van der Waals surface area contributed by atoms with Crippen LogP contribution in [-0.2, 0) is 9.59 Å². The van der Waals surface area contributed by atoms with Gasteiger partial charge >= 0.3 is 0 Å². The average Bonchev–Trinajstić information content (AvgIpc) is 2.95. The molecule has 1 saturated heterocycles. The number of nitrogens with one attached hydrogen (secondary N) is 1. The Kier molecular flexibility index (Phi) is 4.77. The smallest absolute Gasteiger partial charge is 0.293 e. The zero-order valence-corrected chi connectivity index (χ0v) is 17.2. The van der Waals surface area contributed by atoms with Crippen molar-refractivity contribution in [3.63, 3.8) is 0 Å². The fraction of sp³-hybridized carbons (Fsp3) is 0.522. The topological polar surface area (TPSA) is 66.5 Å². The van der Waals surface area contributed by atoms with E-state index in [1.807, 2.05) is 30.3 Å². The molecular formula is C23H26N2O3S. The number of amides is 3. The van der Waals surface area contributed by atoms with Gasteiger partial charge in [-0.2, -0.15) is 0 Å². The van der Waals surface area contributed by atoms with Gasteiger partial charge in [0.1, 0.15) is 0 Å². The number of rotatable bonds is 5. The average molecular weight is 411 g/mol. The number of nitrogens with zero attached hydrogens (tertiary/aromatic N) is 1. The summed E-state index contributed by atoms with van der Waals surface area (Å²) in [5.41, 5.74) is 0.703. The first-order valence-electron chi connectivity index (χ1n) is 10.6. The predicted octanol–water partition coefficient (Wildman–Crippen LogP) is 4.06. The number of hydrogen-bond acceptors (Lipinski definition) is 4. The van der Waals surface area contributed by atoms with E-state index in [1.165, 1.54) is 24.2 Å². The van der Waals surface area contributed by atoms with Crippen molar-refractivity contribution in [2.75, 3.05) is 13.1 Å². The van der Waals surface area contributed by atoms with Crippen LogP contribution in [0.4, 0.5) is 4.79 Å². The standard InChI is InChI=1S/C23H26N2O3S/c26-20-19(11-15-4-2-1-3-5-15)29-22(28)25(20)7-6-24-21(27)23-12-16-8-17(13-23)10-18(9-16)14-23/h1-5,11,16-18H,6-10,12-14H2,(H,24,27). The van der Waals surface area contributed by atoms with Crippen LogP contribution in [0.3, 0.4) is 0 Å². The number of thioether (sulfide) groups is 1. The molecule has 29 heavy (non-hydrogen) atoms. The van der Waals surface area contributed by atoms with E-state index >= 15 is 0 Å². The lowest BCUT2D eigenvalue weighted by Gasteiger charge is -2.55. The van der Waals surface area contributed by atoms with Crippen LogP contribution in [0.15, 0.2) is 35.2 Å². The molecule has 1 N–H and O–H groups in total. The van der Waals surface area contributed by atoms with E-state index < -0.39 is 0 Å². The first-order valence-corrected chi connectivity index (χ1v) is 11.4. The van der Waals surface area contributed by atoms with Gasteiger partial charge < -0.3 is 5.32 Å². The summed E-state index contributed by atoms with van der Waals surface area (Å²) in [5.74, 6) is 2.03. The van der Waals surface area contributed by atoms with Gasteiger partial charge in [-0.15, -0.1) is 0 Å². The molecule has 4 bridgehead atoms. The maximum absolute atomic E-state index is 13.0. The van der Waals surface area contributed by atoms with Crippen molar-refractivity contribution in [3.8, 4) is 0 Å². The Morgan fingerprint density at radius 1 is 1.07 bits per heavy atom.